The van der Waals surface area contributed by atoms with Crippen LogP contribution < -0.4 is 5.32 Å². The summed E-state index contributed by atoms with van der Waals surface area (Å²) in [6.45, 7) is 4.74. The molecule has 0 radical (unpaired) electrons. The monoisotopic (exact) mass is 140 g/mol. The summed E-state index contributed by atoms with van der Waals surface area (Å²) in [5.41, 5.74) is 0.548. The van der Waals surface area contributed by atoms with Crippen molar-refractivity contribution in [1.82, 2.24) is 10.2 Å². The highest BCUT2D eigenvalue weighted by Gasteiger charge is 2.46. The van der Waals surface area contributed by atoms with Crippen molar-refractivity contribution in [3.8, 4) is 0 Å². The van der Waals surface area contributed by atoms with E-state index in [0.29, 0.717) is 11.6 Å². The Bertz CT molecular complexity index is 128. The van der Waals surface area contributed by atoms with Gasteiger partial charge in [-0.15, -0.1) is 0 Å². The van der Waals surface area contributed by atoms with Gasteiger partial charge in [0, 0.05) is 24.7 Å². The molecule has 2 nitrogen and oxygen atoms in total. The van der Waals surface area contributed by atoms with E-state index in [-0.39, 0.29) is 0 Å². The Balaban J connectivity index is 2.00. The van der Waals surface area contributed by atoms with Crippen LogP contribution in [0.3, 0.4) is 0 Å². The van der Waals surface area contributed by atoms with Crippen molar-refractivity contribution in [2.75, 3.05) is 20.1 Å². The molecule has 1 aliphatic heterocycles. The van der Waals surface area contributed by atoms with Crippen molar-refractivity contribution in [1.29, 1.82) is 0 Å². The molecule has 2 aliphatic rings. The van der Waals surface area contributed by atoms with Gasteiger partial charge >= 0.3 is 0 Å². The maximum absolute atomic E-state index is 3.66. The predicted octanol–water partition coefficient (Wildman–Crippen LogP) is 0.442. The molecule has 0 aromatic carbocycles. The lowest BCUT2D eigenvalue weighted by molar-refractivity contribution is 0.187. The molecule has 1 spiro atoms. The van der Waals surface area contributed by atoms with E-state index in [1.54, 1.807) is 0 Å². The van der Waals surface area contributed by atoms with E-state index in [0.717, 1.165) is 0 Å². The Morgan fingerprint density at radius 3 is 2.70 bits per heavy atom. The molecule has 0 bridgehead atoms. The van der Waals surface area contributed by atoms with Crippen molar-refractivity contribution in [3.63, 3.8) is 0 Å². The van der Waals surface area contributed by atoms with E-state index in [1.165, 1.54) is 25.9 Å². The van der Waals surface area contributed by atoms with E-state index in [4.69, 9.17) is 0 Å². The number of nitrogens with zero attached hydrogens (tertiary/aromatic N) is 1. The molecule has 2 fully saturated rings. The van der Waals surface area contributed by atoms with Crippen molar-refractivity contribution >= 4 is 0 Å². The Morgan fingerprint density at radius 1 is 1.50 bits per heavy atom. The average Bonchev–Trinajstić information content (AvgIpc) is 2.44. The molecular formula is C8H16N2. The lowest BCUT2D eigenvalue weighted by Crippen LogP contribution is -2.55. The van der Waals surface area contributed by atoms with Gasteiger partial charge in [0.25, 0.3) is 0 Å². The van der Waals surface area contributed by atoms with Gasteiger partial charge in [0.2, 0.25) is 0 Å². The van der Waals surface area contributed by atoms with Gasteiger partial charge in [-0.05, 0) is 26.8 Å². The minimum Gasteiger partial charge on any atom is -0.306 e. The van der Waals surface area contributed by atoms with Gasteiger partial charge in [0.1, 0.15) is 0 Å². The summed E-state index contributed by atoms with van der Waals surface area (Å²) in [5, 5.41) is 3.66. The fourth-order valence-corrected chi connectivity index (χ4v) is 2.12. The van der Waals surface area contributed by atoms with Crippen LogP contribution in [0.5, 0.6) is 0 Å². The number of hydrogen-bond donors (Lipinski definition) is 1. The Labute approximate surface area is 62.6 Å². The first kappa shape index (κ1) is 6.62. The van der Waals surface area contributed by atoms with Gasteiger partial charge in [0.05, 0.1) is 0 Å². The van der Waals surface area contributed by atoms with Crippen LogP contribution in [0, 0.1) is 0 Å². The molecule has 2 heteroatoms. The minimum absolute atomic E-state index is 0.548. The third-order valence-electron chi connectivity index (χ3n) is 2.56. The number of likely N-dealkylation sites (N-methyl/N-ethyl adjacent to an activating group) is 1. The van der Waals surface area contributed by atoms with Crippen molar-refractivity contribution in [2.45, 2.75) is 31.3 Å². The average molecular weight is 140 g/mol. The van der Waals surface area contributed by atoms with Crippen LogP contribution in [0.1, 0.15) is 19.8 Å². The molecule has 1 atom stereocenters. The van der Waals surface area contributed by atoms with Crippen LogP contribution in [0.4, 0.5) is 0 Å². The van der Waals surface area contributed by atoms with Crippen LogP contribution in [0.2, 0.25) is 0 Å². The third-order valence-corrected chi connectivity index (χ3v) is 2.56. The van der Waals surface area contributed by atoms with Crippen LogP contribution in [0.25, 0.3) is 0 Å². The molecule has 1 saturated heterocycles. The molecule has 10 heavy (non-hydrogen) atoms. The minimum atomic E-state index is 0.548. The van der Waals surface area contributed by atoms with E-state index >= 15 is 0 Å². The predicted molar refractivity (Wildman–Crippen MR) is 42.1 cm³/mol. The van der Waals surface area contributed by atoms with Crippen LogP contribution >= 0.6 is 0 Å². The van der Waals surface area contributed by atoms with Gasteiger partial charge in [-0.2, -0.15) is 0 Å². The quantitative estimate of drug-likeness (QED) is 0.525. The molecule has 0 amide bonds. The molecule has 0 aromatic rings. The number of piperazine rings is 1. The summed E-state index contributed by atoms with van der Waals surface area (Å²) in [7, 11) is 2.22. The lowest BCUT2D eigenvalue weighted by Gasteiger charge is -2.35. The molecule has 1 N–H and O–H groups in total. The van der Waals surface area contributed by atoms with Crippen LogP contribution in [-0.4, -0.2) is 36.6 Å². The largest absolute Gasteiger partial charge is 0.306 e. The van der Waals surface area contributed by atoms with E-state index < -0.39 is 0 Å². The maximum Gasteiger partial charge on any atom is 0.0312 e. The Hall–Kier alpha value is -0.0800. The van der Waals surface area contributed by atoms with Gasteiger partial charge in [0.15, 0.2) is 0 Å². The highest BCUT2D eigenvalue weighted by molar-refractivity contribution is 5.07. The molecular weight excluding hydrogens is 124 g/mol. The van der Waals surface area contributed by atoms with Gasteiger partial charge in [-0.1, -0.05) is 0 Å². The fourth-order valence-electron chi connectivity index (χ4n) is 2.12. The first-order chi connectivity index (χ1) is 4.70. The summed E-state index contributed by atoms with van der Waals surface area (Å²) in [6.07, 6.45) is 2.78. The topological polar surface area (TPSA) is 15.3 Å². The zero-order chi connectivity index (χ0) is 7.19. The van der Waals surface area contributed by atoms with Crippen molar-refractivity contribution < 1.29 is 0 Å². The highest BCUT2D eigenvalue weighted by atomic mass is 15.2. The van der Waals surface area contributed by atoms with Crippen LogP contribution in [0.15, 0.2) is 0 Å². The molecule has 2 rings (SSSR count). The molecule has 1 aliphatic carbocycles. The molecule has 1 saturated carbocycles. The summed E-state index contributed by atoms with van der Waals surface area (Å²) in [6, 6.07) is 0.696. The van der Waals surface area contributed by atoms with Crippen molar-refractivity contribution in [2.24, 2.45) is 0 Å². The highest BCUT2D eigenvalue weighted by Crippen LogP contribution is 2.38. The lowest BCUT2D eigenvalue weighted by atomic mass is 10.1. The summed E-state index contributed by atoms with van der Waals surface area (Å²) < 4.78 is 0. The summed E-state index contributed by atoms with van der Waals surface area (Å²) >= 11 is 0. The molecule has 58 valence electrons. The third kappa shape index (κ3) is 1.06. The SMILES string of the molecule is C[C@H]1CN(C)CC2(CC2)N1. The van der Waals surface area contributed by atoms with Gasteiger partial charge in [-0.3, -0.25) is 0 Å². The zero-order valence-corrected chi connectivity index (χ0v) is 6.85. The zero-order valence-electron chi connectivity index (χ0n) is 6.85. The van der Waals surface area contributed by atoms with Crippen molar-refractivity contribution in [3.05, 3.63) is 0 Å². The Kier molecular flexibility index (Phi) is 1.29. The molecule has 0 aromatic heterocycles. The second-order valence-electron chi connectivity index (χ2n) is 4.02. The van der Waals surface area contributed by atoms with Gasteiger partial charge in [-0.25, -0.2) is 0 Å². The fraction of sp³-hybridized carbons (Fsp3) is 1.00. The second-order valence-corrected chi connectivity index (χ2v) is 4.02. The first-order valence-corrected chi connectivity index (χ1v) is 4.16. The smallest absolute Gasteiger partial charge is 0.0312 e. The number of nitrogens with one attached hydrogen (secondary N) is 1. The number of rotatable bonds is 0. The second kappa shape index (κ2) is 1.95. The standard InChI is InChI=1S/C8H16N2/c1-7-5-10(2)6-8(9-7)3-4-8/h7,9H,3-6H2,1-2H3/t7-/m0/s1. The molecule has 1 heterocycles. The summed E-state index contributed by atoms with van der Waals surface area (Å²) in [4.78, 5) is 2.44. The maximum atomic E-state index is 3.66. The van der Waals surface area contributed by atoms with Crippen LogP contribution in [-0.2, 0) is 0 Å². The molecule has 0 unspecified atom stereocenters. The first-order valence-electron chi connectivity index (χ1n) is 4.16. The number of hydrogen-bond acceptors (Lipinski definition) is 2. The van der Waals surface area contributed by atoms with E-state index in [1.807, 2.05) is 0 Å². The normalized spacial score (nSPS) is 38.4. The van der Waals surface area contributed by atoms with Gasteiger partial charge < -0.3 is 10.2 Å². The Morgan fingerprint density at radius 2 is 2.20 bits per heavy atom. The summed E-state index contributed by atoms with van der Waals surface area (Å²) in [5.74, 6) is 0. The van der Waals surface area contributed by atoms with E-state index in [9.17, 15) is 0 Å². The van der Waals surface area contributed by atoms with E-state index in [2.05, 4.69) is 24.2 Å².